The lowest BCUT2D eigenvalue weighted by Gasteiger charge is -2.46. The van der Waals surface area contributed by atoms with Crippen LogP contribution >= 0.6 is 0 Å². The SMILES string of the molecule is C=CCN1CC2(CCCC2)NCC1Cc1ccccc1. The van der Waals surface area contributed by atoms with Crippen molar-refractivity contribution >= 4 is 0 Å². The highest BCUT2D eigenvalue weighted by Gasteiger charge is 2.40. The van der Waals surface area contributed by atoms with Crippen LogP contribution in [0.3, 0.4) is 0 Å². The largest absolute Gasteiger partial charge is 0.308 e. The molecule has 1 aromatic carbocycles. The summed E-state index contributed by atoms with van der Waals surface area (Å²) >= 11 is 0. The summed E-state index contributed by atoms with van der Waals surface area (Å²) in [6.07, 6.45) is 8.66. The first-order valence-electron chi connectivity index (χ1n) is 7.95. The molecule has 3 rings (SSSR count). The summed E-state index contributed by atoms with van der Waals surface area (Å²) in [7, 11) is 0. The van der Waals surface area contributed by atoms with Crippen LogP contribution in [0.4, 0.5) is 0 Å². The van der Waals surface area contributed by atoms with Gasteiger partial charge in [-0.1, -0.05) is 49.2 Å². The van der Waals surface area contributed by atoms with Crippen LogP contribution in [0.15, 0.2) is 43.0 Å². The standard InChI is InChI=1S/C18H26N2/c1-2-12-20-15-18(10-6-7-11-18)19-14-17(20)13-16-8-4-3-5-9-16/h2-5,8-9,17,19H,1,6-7,10-15H2. The minimum atomic E-state index is 0.399. The van der Waals surface area contributed by atoms with Crippen molar-refractivity contribution in [3.05, 3.63) is 48.6 Å². The molecule has 2 fully saturated rings. The molecule has 0 bridgehead atoms. The molecule has 20 heavy (non-hydrogen) atoms. The Hall–Kier alpha value is -1.12. The van der Waals surface area contributed by atoms with Crippen LogP contribution in [-0.4, -0.2) is 36.1 Å². The lowest BCUT2D eigenvalue weighted by atomic mass is 9.90. The molecule has 1 saturated heterocycles. The van der Waals surface area contributed by atoms with E-state index in [2.05, 4.69) is 53.2 Å². The van der Waals surface area contributed by atoms with Gasteiger partial charge in [-0.15, -0.1) is 6.58 Å². The fourth-order valence-corrected chi connectivity index (χ4v) is 3.89. The number of nitrogens with one attached hydrogen (secondary N) is 1. The Morgan fingerprint density at radius 2 is 2.00 bits per heavy atom. The van der Waals surface area contributed by atoms with Gasteiger partial charge in [0.25, 0.3) is 0 Å². The Labute approximate surface area is 122 Å². The molecule has 1 atom stereocenters. The number of nitrogens with zero attached hydrogens (tertiary/aromatic N) is 1. The molecule has 0 amide bonds. The topological polar surface area (TPSA) is 15.3 Å². The van der Waals surface area contributed by atoms with Gasteiger partial charge in [-0.25, -0.2) is 0 Å². The van der Waals surface area contributed by atoms with Crippen molar-refractivity contribution in [2.24, 2.45) is 0 Å². The molecule has 0 aromatic heterocycles. The van der Waals surface area contributed by atoms with E-state index in [0.29, 0.717) is 11.6 Å². The monoisotopic (exact) mass is 270 g/mol. The van der Waals surface area contributed by atoms with Gasteiger partial charge in [0.05, 0.1) is 0 Å². The van der Waals surface area contributed by atoms with Gasteiger partial charge >= 0.3 is 0 Å². The maximum atomic E-state index is 3.95. The lowest BCUT2D eigenvalue weighted by molar-refractivity contribution is 0.0914. The fraction of sp³-hybridized carbons (Fsp3) is 0.556. The molecule has 1 saturated carbocycles. The van der Waals surface area contributed by atoms with Crippen LogP contribution in [-0.2, 0) is 6.42 Å². The molecule has 1 aliphatic carbocycles. The third-order valence-electron chi connectivity index (χ3n) is 4.97. The Bertz CT molecular complexity index is 434. The van der Waals surface area contributed by atoms with Gasteiger partial charge in [0.15, 0.2) is 0 Å². The minimum absolute atomic E-state index is 0.399. The summed E-state index contributed by atoms with van der Waals surface area (Å²) in [6.45, 7) is 7.27. The molecular formula is C18H26N2. The molecule has 108 valence electrons. The Morgan fingerprint density at radius 1 is 1.25 bits per heavy atom. The second kappa shape index (κ2) is 6.11. The molecule has 2 heteroatoms. The number of benzene rings is 1. The second-order valence-corrected chi connectivity index (χ2v) is 6.43. The number of piperazine rings is 1. The fourth-order valence-electron chi connectivity index (χ4n) is 3.89. The molecule has 2 aliphatic rings. The van der Waals surface area contributed by atoms with Crippen LogP contribution in [0, 0.1) is 0 Å². The number of hydrogen-bond donors (Lipinski definition) is 1. The first kappa shape index (κ1) is 13.8. The van der Waals surface area contributed by atoms with Crippen molar-refractivity contribution in [2.75, 3.05) is 19.6 Å². The first-order chi connectivity index (χ1) is 9.81. The van der Waals surface area contributed by atoms with Gasteiger partial charge in [0, 0.05) is 31.2 Å². The van der Waals surface area contributed by atoms with Gasteiger partial charge in [-0.05, 0) is 24.8 Å². The molecule has 2 nitrogen and oxygen atoms in total. The van der Waals surface area contributed by atoms with Gasteiger partial charge < -0.3 is 5.32 Å². The van der Waals surface area contributed by atoms with Crippen molar-refractivity contribution in [3.8, 4) is 0 Å². The maximum absolute atomic E-state index is 3.95. The van der Waals surface area contributed by atoms with Gasteiger partial charge in [-0.3, -0.25) is 4.90 Å². The van der Waals surface area contributed by atoms with Crippen molar-refractivity contribution in [1.29, 1.82) is 0 Å². The van der Waals surface area contributed by atoms with Crippen LogP contribution in [0.2, 0.25) is 0 Å². The number of hydrogen-bond acceptors (Lipinski definition) is 2. The first-order valence-corrected chi connectivity index (χ1v) is 7.95. The Balaban J connectivity index is 1.69. The smallest absolute Gasteiger partial charge is 0.0309 e. The summed E-state index contributed by atoms with van der Waals surface area (Å²) < 4.78 is 0. The van der Waals surface area contributed by atoms with Gasteiger partial charge in [-0.2, -0.15) is 0 Å². The van der Waals surface area contributed by atoms with Crippen LogP contribution in [0.5, 0.6) is 0 Å². The van der Waals surface area contributed by atoms with E-state index < -0.39 is 0 Å². The highest BCUT2D eigenvalue weighted by Crippen LogP contribution is 2.33. The predicted octanol–water partition coefficient (Wildman–Crippen LogP) is 3.00. The highest BCUT2D eigenvalue weighted by molar-refractivity contribution is 5.17. The predicted molar refractivity (Wildman–Crippen MR) is 84.9 cm³/mol. The van der Waals surface area contributed by atoms with Crippen LogP contribution < -0.4 is 5.32 Å². The van der Waals surface area contributed by atoms with Gasteiger partial charge in [0.1, 0.15) is 0 Å². The summed E-state index contributed by atoms with van der Waals surface area (Å²) in [4.78, 5) is 2.64. The normalized spacial score (nSPS) is 25.9. The molecule has 1 unspecified atom stereocenters. The zero-order chi connectivity index (χ0) is 13.8. The zero-order valence-corrected chi connectivity index (χ0v) is 12.4. The summed E-state index contributed by atoms with van der Waals surface area (Å²) in [5.41, 5.74) is 1.84. The summed E-state index contributed by atoms with van der Waals surface area (Å²) in [5.74, 6) is 0. The molecule has 1 aromatic rings. The third kappa shape index (κ3) is 2.97. The van der Waals surface area contributed by atoms with Crippen LogP contribution in [0.25, 0.3) is 0 Å². The van der Waals surface area contributed by atoms with E-state index in [9.17, 15) is 0 Å². The Kier molecular flexibility index (Phi) is 4.23. The van der Waals surface area contributed by atoms with Crippen molar-refractivity contribution in [2.45, 2.75) is 43.7 Å². The lowest BCUT2D eigenvalue weighted by Crippen LogP contribution is -2.63. The quantitative estimate of drug-likeness (QED) is 0.846. The van der Waals surface area contributed by atoms with E-state index >= 15 is 0 Å². The average molecular weight is 270 g/mol. The minimum Gasteiger partial charge on any atom is -0.308 e. The van der Waals surface area contributed by atoms with E-state index in [1.165, 1.54) is 37.8 Å². The van der Waals surface area contributed by atoms with Crippen LogP contribution in [0.1, 0.15) is 31.2 Å². The highest BCUT2D eigenvalue weighted by atomic mass is 15.3. The van der Waals surface area contributed by atoms with Crippen molar-refractivity contribution in [1.82, 2.24) is 10.2 Å². The molecule has 0 radical (unpaired) electrons. The van der Waals surface area contributed by atoms with Crippen molar-refractivity contribution in [3.63, 3.8) is 0 Å². The molecule has 1 spiro atoms. The van der Waals surface area contributed by atoms with E-state index in [1.807, 2.05) is 0 Å². The van der Waals surface area contributed by atoms with E-state index in [1.54, 1.807) is 0 Å². The summed E-state index contributed by atoms with van der Waals surface area (Å²) in [5, 5.41) is 3.88. The van der Waals surface area contributed by atoms with E-state index in [4.69, 9.17) is 0 Å². The average Bonchev–Trinajstić information content (AvgIpc) is 2.92. The molecule has 1 aliphatic heterocycles. The summed E-state index contributed by atoms with van der Waals surface area (Å²) in [6, 6.07) is 11.5. The van der Waals surface area contributed by atoms with Gasteiger partial charge in [0.2, 0.25) is 0 Å². The number of rotatable bonds is 4. The zero-order valence-electron chi connectivity index (χ0n) is 12.4. The molecule has 1 heterocycles. The Morgan fingerprint density at radius 3 is 2.70 bits per heavy atom. The maximum Gasteiger partial charge on any atom is 0.0309 e. The second-order valence-electron chi connectivity index (χ2n) is 6.43. The molecule has 1 N–H and O–H groups in total. The van der Waals surface area contributed by atoms with E-state index in [0.717, 1.165) is 19.5 Å². The van der Waals surface area contributed by atoms with E-state index in [-0.39, 0.29) is 0 Å². The molecular weight excluding hydrogens is 244 g/mol. The third-order valence-corrected chi connectivity index (χ3v) is 4.97. The van der Waals surface area contributed by atoms with Crippen molar-refractivity contribution < 1.29 is 0 Å².